The zero-order chi connectivity index (χ0) is 16.8. The van der Waals surface area contributed by atoms with Crippen molar-refractivity contribution in [1.29, 1.82) is 0 Å². The second-order valence-corrected chi connectivity index (χ2v) is 6.74. The summed E-state index contributed by atoms with van der Waals surface area (Å²) in [6.07, 6.45) is 2.48. The van der Waals surface area contributed by atoms with E-state index in [4.69, 9.17) is 0 Å². The van der Waals surface area contributed by atoms with Gasteiger partial charge in [-0.2, -0.15) is 0 Å². The number of hydrogen-bond acceptors (Lipinski definition) is 2. The highest BCUT2D eigenvalue weighted by Crippen LogP contribution is 2.22. The van der Waals surface area contributed by atoms with E-state index in [2.05, 4.69) is 19.1 Å². The Bertz CT molecular complexity index is 521. The van der Waals surface area contributed by atoms with Gasteiger partial charge >= 0.3 is 0 Å². The lowest BCUT2D eigenvalue weighted by molar-refractivity contribution is -0.132. The van der Waals surface area contributed by atoms with Crippen molar-refractivity contribution in [2.75, 3.05) is 26.7 Å². The third kappa shape index (κ3) is 5.08. The van der Waals surface area contributed by atoms with Gasteiger partial charge in [-0.1, -0.05) is 37.3 Å². The van der Waals surface area contributed by atoms with E-state index in [-0.39, 0.29) is 11.8 Å². The Labute approximate surface area is 139 Å². The number of likely N-dealkylation sites (N-methyl/N-ethyl adjacent to an activating group) is 1. The van der Waals surface area contributed by atoms with Crippen LogP contribution in [0.2, 0.25) is 0 Å². The highest BCUT2D eigenvalue weighted by atomic mass is 16.2. The van der Waals surface area contributed by atoms with Crippen LogP contribution in [0.1, 0.15) is 44.6 Å². The van der Waals surface area contributed by atoms with Gasteiger partial charge in [-0.15, -0.1) is 0 Å². The number of likely N-dealkylation sites (tertiary alicyclic amines) is 1. The number of carbonyl (C=O) groups excluding carboxylic acids is 2. The van der Waals surface area contributed by atoms with Gasteiger partial charge in [0.25, 0.3) is 0 Å². The summed E-state index contributed by atoms with van der Waals surface area (Å²) in [7, 11) is 1.90. The standard InChI is InChI=1S/C19H28N2O2/c1-15(18-7-5-4-6-8-18)14-20(3)19(23)13-17-9-11-21(12-10-17)16(2)22/h4-8,15,17H,9-14H2,1-3H3/t15-/m0/s1. The highest BCUT2D eigenvalue weighted by Gasteiger charge is 2.24. The maximum absolute atomic E-state index is 12.4. The normalized spacial score (nSPS) is 16.9. The molecule has 1 atom stereocenters. The number of benzene rings is 1. The average molecular weight is 316 g/mol. The Hall–Kier alpha value is -1.84. The summed E-state index contributed by atoms with van der Waals surface area (Å²) in [5.41, 5.74) is 1.27. The molecule has 0 saturated carbocycles. The van der Waals surface area contributed by atoms with Gasteiger partial charge in [0.15, 0.2) is 0 Å². The van der Waals surface area contributed by atoms with Gasteiger partial charge in [-0.25, -0.2) is 0 Å². The predicted molar refractivity (Wildman–Crippen MR) is 92.1 cm³/mol. The monoisotopic (exact) mass is 316 g/mol. The summed E-state index contributed by atoms with van der Waals surface area (Å²) in [5.74, 6) is 1.11. The number of carbonyl (C=O) groups is 2. The predicted octanol–water partition coefficient (Wildman–Crippen LogP) is 2.90. The first-order valence-electron chi connectivity index (χ1n) is 8.51. The van der Waals surface area contributed by atoms with Crippen molar-refractivity contribution < 1.29 is 9.59 Å². The van der Waals surface area contributed by atoms with Crippen LogP contribution in [-0.2, 0) is 9.59 Å². The van der Waals surface area contributed by atoms with Crippen molar-refractivity contribution in [2.45, 2.75) is 39.0 Å². The second kappa shape index (κ2) is 8.14. The van der Waals surface area contributed by atoms with Crippen LogP contribution in [0.5, 0.6) is 0 Å². The van der Waals surface area contributed by atoms with Gasteiger partial charge in [-0.3, -0.25) is 9.59 Å². The molecular weight excluding hydrogens is 288 g/mol. The third-order valence-electron chi connectivity index (χ3n) is 4.87. The van der Waals surface area contributed by atoms with E-state index in [1.165, 1.54) is 5.56 Å². The molecule has 4 nitrogen and oxygen atoms in total. The van der Waals surface area contributed by atoms with Crippen LogP contribution in [0.25, 0.3) is 0 Å². The largest absolute Gasteiger partial charge is 0.345 e. The molecule has 0 aromatic heterocycles. The third-order valence-corrected chi connectivity index (χ3v) is 4.87. The quantitative estimate of drug-likeness (QED) is 0.838. The fourth-order valence-corrected chi connectivity index (χ4v) is 3.25. The molecule has 1 saturated heterocycles. The SMILES string of the molecule is CC(=O)N1CCC(CC(=O)N(C)C[C@H](C)c2ccccc2)CC1. The summed E-state index contributed by atoms with van der Waals surface area (Å²) in [4.78, 5) is 27.5. The first-order chi connectivity index (χ1) is 11.0. The van der Waals surface area contributed by atoms with Crippen LogP contribution in [0.15, 0.2) is 30.3 Å². The molecule has 2 rings (SSSR count). The molecule has 1 aliphatic rings. The fraction of sp³-hybridized carbons (Fsp3) is 0.579. The molecule has 1 heterocycles. The smallest absolute Gasteiger partial charge is 0.222 e. The van der Waals surface area contributed by atoms with E-state index < -0.39 is 0 Å². The minimum Gasteiger partial charge on any atom is -0.345 e. The Morgan fingerprint density at radius 2 is 1.83 bits per heavy atom. The topological polar surface area (TPSA) is 40.6 Å². The zero-order valence-electron chi connectivity index (χ0n) is 14.5. The van der Waals surface area contributed by atoms with E-state index in [0.29, 0.717) is 18.3 Å². The maximum Gasteiger partial charge on any atom is 0.222 e. The van der Waals surface area contributed by atoms with Crippen molar-refractivity contribution in [1.82, 2.24) is 9.80 Å². The molecular formula is C19H28N2O2. The van der Waals surface area contributed by atoms with Gasteiger partial charge in [0.05, 0.1) is 0 Å². The second-order valence-electron chi connectivity index (χ2n) is 6.74. The molecule has 0 N–H and O–H groups in total. The van der Waals surface area contributed by atoms with Gasteiger partial charge in [-0.05, 0) is 30.2 Å². The molecule has 0 unspecified atom stereocenters. The Balaban J connectivity index is 1.78. The lowest BCUT2D eigenvalue weighted by Crippen LogP contribution is -2.39. The first kappa shape index (κ1) is 17.5. The van der Waals surface area contributed by atoms with Crippen LogP contribution >= 0.6 is 0 Å². The molecule has 4 heteroatoms. The van der Waals surface area contributed by atoms with Crippen molar-refractivity contribution in [3.05, 3.63) is 35.9 Å². The van der Waals surface area contributed by atoms with Gasteiger partial charge < -0.3 is 9.80 Å². The van der Waals surface area contributed by atoms with Gasteiger partial charge in [0.1, 0.15) is 0 Å². The molecule has 1 aromatic carbocycles. The summed E-state index contributed by atoms with van der Waals surface area (Å²) in [6, 6.07) is 10.3. The Morgan fingerprint density at radius 1 is 1.22 bits per heavy atom. The van der Waals surface area contributed by atoms with Crippen LogP contribution in [-0.4, -0.2) is 48.3 Å². The van der Waals surface area contributed by atoms with Crippen molar-refractivity contribution in [3.63, 3.8) is 0 Å². The molecule has 0 spiro atoms. The summed E-state index contributed by atoms with van der Waals surface area (Å²) in [5, 5.41) is 0. The fourth-order valence-electron chi connectivity index (χ4n) is 3.25. The Kier molecular flexibility index (Phi) is 6.20. The van der Waals surface area contributed by atoms with E-state index >= 15 is 0 Å². The Morgan fingerprint density at radius 3 is 2.39 bits per heavy atom. The van der Waals surface area contributed by atoms with E-state index in [1.54, 1.807) is 6.92 Å². The number of amides is 2. The van der Waals surface area contributed by atoms with E-state index in [1.807, 2.05) is 35.0 Å². The van der Waals surface area contributed by atoms with E-state index in [9.17, 15) is 9.59 Å². The lowest BCUT2D eigenvalue weighted by atomic mass is 9.92. The molecule has 0 bridgehead atoms. The van der Waals surface area contributed by atoms with Gasteiger partial charge in [0, 0.05) is 40.0 Å². The zero-order valence-corrected chi connectivity index (χ0v) is 14.5. The van der Waals surface area contributed by atoms with Crippen molar-refractivity contribution >= 4 is 11.8 Å². The molecule has 126 valence electrons. The molecule has 1 aliphatic heterocycles. The summed E-state index contributed by atoms with van der Waals surface area (Å²) >= 11 is 0. The molecule has 23 heavy (non-hydrogen) atoms. The van der Waals surface area contributed by atoms with Crippen molar-refractivity contribution in [3.8, 4) is 0 Å². The van der Waals surface area contributed by atoms with Gasteiger partial charge in [0.2, 0.25) is 11.8 Å². The number of piperidine rings is 1. The first-order valence-corrected chi connectivity index (χ1v) is 8.51. The number of hydrogen-bond donors (Lipinski definition) is 0. The number of rotatable bonds is 5. The minimum absolute atomic E-state index is 0.142. The van der Waals surface area contributed by atoms with Crippen molar-refractivity contribution in [2.24, 2.45) is 5.92 Å². The molecule has 1 aromatic rings. The lowest BCUT2D eigenvalue weighted by Gasteiger charge is -2.32. The average Bonchev–Trinajstić information content (AvgIpc) is 2.56. The van der Waals surface area contributed by atoms with Crippen LogP contribution in [0.3, 0.4) is 0 Å². The molecule has 2 amide bonds. The minimum atomic E-state index is 0.142. The van der Waals surface area contributed by atoms with Crippen LogP contribution < -0.4 is 0 Å². The van der Waals surface area contributed by atoms with Crippen LogP contribution in [0.4, 0.5) is 0 Å². The maximum atomic E-state index is 12.4. The van der Waals surface area contributed by atoms with Crippen LogP contribution in [0, 0.1) is 5.92 Å². The highest BCUT2D eigenvalue weighted by molar-refractivity contribution is 5.76. The molecule has 1 fully saturated rings. The molecule has 0 radical (unpaired) electrons. The summed E-state index contributed by atoms with van der Waals surface area (Å²) in [6.45, 7) is 6.10. The summed E-state index contributed by atoms with van der Waals surface area (Å²) < 4.78 is 0. The number of nitrogens with zero attached hydrogens (tertiary/aromatic N) is 2. The van der Waals surface area contributed by atoms with E-state index in [0.717, 1.165) is 32.5 Å². The molecule has 0 aliphatic carbocycles.